The maximum Gasteiger partial charge on any atom is 0.315 e. The van der Waals surface area contributed by atoms with Gasteiger partial charge in [0.25, 0.3) is 0 Å². The van der Waals surface area contributed by atoms with E-state index in [1.165, 1.54) is 0 Å². The Morgan fingerprint density at radius 1 is 1.28 bits per heavy atom. The SMILES string of the molecule is CCCC1CC(Oc2ccc(-c3ccc4nccn4c3Cl)cc2)CCN1C(N)=O. The molecule has 2 amide bonds. The number of carbonyl (C=O) groups is 1. The van der Waals surface area contributed by atoms with Crippen molar-refractivity contribution < 1.29 is 9.53 Å². The molecule has 0 radical (unpaired) electrons. The molecule has 3 heterocycles. The third-order valence-electron chi connectivity index (χ3n) is 5.54. The molecular weight excluding hydrogens is 388 g/mol. The highest BCUT2D eigenvalue weighted by Crippen LogP contribution is 2.31. The number of piperidine rings is 1. The second-order valence-electron chi connectivity index (χ2n) is 7.46. The number of fused-ring (bicyclic) bond motifs is 1. The van der Waals surface area contributed by atoms with Gasteiger partial charge in [0.05, 0.1) is 0 Å². The van der Waals surface area contributed by atoms with Crippen molar-refractivity contribution in [1.29, 1.82) is 0 Å². The van der Waals surface area contributed by atoms with Crippen LogP contribution in [-0.2, 0) is 0 Å². The molecular formula is C22H25ClN4O2. The fourth-order valence-corrected chi connectivity index (χ4v) is 4.41. The predicted molar refractivity (Wildman–Crippen MR) is 114 cm³/mol. The van der Waals surface area contributed by atoms with Crippen LogP contribution in [0.2, 0.25) is 5.15 Å². The van der Waals surface area contributed by atoms with Gasteiger partial charge in [-0.25, -0.2) is 9.78 Å². The fourth-order valence-electron chi connectivity index (χ4n) is 4.10. The molecule has 1 aliphatic rings. The van der Waals surface area contributed by atoms with Gasteiger partial charge in [0, 0.05) is 43.4 Å². The molecule has 2 aromatic heterocycles. The van der Waals surface area contributed by atoms with Crippen LogP contribution in [0, 0.1) is 0 Å². The molecule has 1 saturated heterocycles. The van der Waals surface area contributed by atoms with Crippen LogP contribution < -0.4 is 10.5 Å². The number of nitrogens with zero attached hydrogens (tertiary/aromatic N) is 3. The molecule has 6 nitrogen and oxygen atoms in total. The lowest BCUT2D eigenvalue weighted by molar-refractivity contribution is 0.0730. The lowest BCUT2D eigenvalue weighted by Gasteiger charge is -2.38. The fraction of sp³-hybridized carbons (Fsp3) is 0.364. The molecule has 0 aliphatic carbocycles. The van der Waals surface area contributed by atoms with Crippen LogP contribution in [0.4, 0.5) is 4.79 Å². The zero-order valence-corrected chi connectivity index (χ0v) is 17.2. The number of pyridine rings is 1. The van der Waals surface area contributed by atoms with Crippen molar-refractivity contribution in [3.8, 4) is 16.9 Å². The summed E-state index contributed by atoms with van der Waals surface area (Å²) in [4.78, 5) is 17.7. The number of nitrogens with two attached hydrogens (primary N) is 1. The van der Waals surface area contributed by atoms with Crippen LogP contribution in [0.5, 0.6) is 5.75 Å². The number of imidazole rings is 1. The molecule has 0 bridgehead atoms. The number of likely N-dealkylation sites (tertiary alicyclic amines) is 1. The molecule has 29 heavy (non-hydrogen) atoms. The summed E-state index contributed by atoms with van der Waals surface area (Å²) in [7, 11) is 0. The zero-order chi connectivity index (χ0) is 20.4. The molecule has 0 saturated carbocycles. The summed E-state index contributed by atoms with van der Waals surface area (Å²) in [5.41, 5.74) is 8.31. The number of amides is 2. The number of rotatable bonds is 5. The maximum absolute atomic E-state index is 11.7. The van der Waals surface area contributed by atoms with Crippen LogP contribution in [0.25, 0.3) is 16.8 Å². The molecule has 7 heteroatoms. The Morgan fingerprint density at radius 3 is 2.79 bits per heavy atom. The van der Waals surface area contributed by atoms with Gasteiger partial charge in [-0.3, -0.25) is 4.40 Å². The van der Waals surface area contributed by atoms with E-state index in [9.17, 15) is 4.79 Å². The maximum atomic E-state index is 11.7. The minimum Gasteiger partial charge on any atom is -0.490 e. The molecule has 1 aliphatic heterocycles. The first-order valence-corrected chi connectivity index (χ1v) is 10.4. The van der Waals surface area contributed by atoms with E-state index < -0.39 is 0 Å². The van der Waals surface area contributed by atoms with E-state index in [2.05, 4.69) is 11.9 Å². The van der Waals surface area contributed by atoms with Crippen LogP contribution in [0.3, 0.4) is 0 Å². The first-order valence-electron chi connectivity index (χ1n) is 10.0. The number of hydrogen-bond acceptors (Lipinski definition) is 3. The minimum atomic E-state index is -0.335. The third-order valence-corrected chi connectivity index (χ3v) is 5.93. The van der Waals surface area contributed by atoms with Crippen LogP contribution in [-0.4, -0.2) is 39.0 Å². The summed E-state index contributed by atoms with van der Waals surface area (Å²) in [6.45, 7) is 2.76. The highest BCUT2D eigenvalue weighted by atomic mass is 35.5. The Balaban J connectivity index is 1.47. The van der Waals surface area contributed by atoms with Gasteiger partial charge in [0.2, 0.25) is 0 Å². The van der Waals surface area contributed by atoms with Crippen LogP contribution in [0.1, 0.15) is 32.6 Å². The van der Waals surface area contributed by atoms with E-state index in [4.69, 9.17) is 22.1 Å². The van der Waals surface area contributed by atoms with Gasteiger partial charge >= 0.3 is 6.03 Å². The molecule has 4 rings (SSSR count). The number of ether oxygens (including phenoxy) is 1. The largest absolute Gasteiger partial charge is 0.490 e. The van der Waals surface area contributed by atoms with Gasteiger partial charge in [0.15, 0.2) is 0 Å². The monoisotopic (exact) mass is 412 g/mol. The molecule has 1 aromatic carbocycles. The van der Waals surface area contributed by atoms with Gasteiger partial charge in [-0.15, -0.1) is 0 Å². The number of carbonyl (C=O) groups excluding carboxylic acids is 1. The first-order chi connectivity index (χ1) is 14.1. The third kappa shape index (κ3) is 4.03. The Labute approximate surface area is 175 Å². The van der Waals surface area contributed by atoms with E-state index in [1.54, 1.807) is 11.1 Å². The van der Waals surface area contributed by atoms with Crippen molar-refractivity contribution in [3.63, 3.8) is 0 Å². The summed E-state index contributed by atoms with van der Waals surface area (Å²) in [5.74, 6) is 0.821. The standard InChI is InChI=1S/C22H25ClN4O2/c1-2-3-16-14-18(10-12-26(16)22(24)28)29-17-6-4-15(5-7-17)19-8-9-20-25-11-13-27(20)21(19)23/h4-9,11,13,16,18H,2-3,10,12,14H2,1H3,(H2,24,28). The number of aromatic nitrogens is 2. The molecule has 1 fully saturated rings. The molecule has 2 atom stereocenters. The van der Waals surface area contributed by atoms with Crippen LogP contribution in [0.15, 0.2) is 48.8 Å². The number of benzene rings is 1. The zero-order valence-electron chi connectivity index (χ0n) is 16.4. The molecule has 3 aromatic rings. The Hall–Kier alpha value is -2.73. The van der Waals surface area contributed by atoms with E-state index in [0.29, 0.717) is 11.7 Å². The Bertz CT molecular complexity index is 1000. The minimum absolute atomic E-state index is 0.0823. The summed E-state index contributed by atoms with van der Waals surface area (Å²) < 4.78 is 8.07. The van der Waals surface area contributed by atoms with Crippen molar-refractivity contribution >= 4 is 23.3 Å². The first kappa shape index (κ1) is 19.6. The topological polar surface area (TPSA) is 72.9 Å². The highest BCUT2D eigenvalue weighted by Gasteiger charge is 2.31. The average molecular weight is 413 g/mol. The Kier molecular flexibility index (Phi) is 5.62. The Morgan fingerprint density at radius 2 is 2.07 bits per heavy atom. The quantitative estimate of drug-likeness (QED) is 0.615. The summed E-state index contributed by atoms with van der Waals surface area (Å²) in [6, 6.07) is 11.7. The lowest BCUT2D eigenvalue weighted by atomic mass is 9.96. The van der Waals surface area contributed by atoms with E-state index in [0.717, 1.165) is 48.2 Å². The number of urea groups is 1. The number of hydrogen-bond donors (Lipinski definition) is 1. The van der Waals surface area contributed by atoms with Gasteiger partial charge in [-0.2, -0.15) is 0 Å². The van der Waals surface area contributed by atoms with Gasteiger partial charge in [-0.1, -0.05) is 37.1 Å². The molecule has 0 spiro atoms. The lowest BCUT2D eigenvalue weighted by Crippen LogP contribution is -2.50. The number of primary amides is 1. The highest BCUT2D eigenvalue weighted by molar-refractivity contribution is 6.32. The second-order valence-corrected chi connectivity index (χ2v) is 7.81. The predicted octanol–water partition coefficient (Wildman–Crippen LogP) is 4.75. The van der Waals surface area contributed by atoms with Crippen LogP contribution >= 0.6 is 11.6 Å². The smallest absolute Gasteiger partial charge is 0.315 e. The van der Waals surface area contributed by atoms with Crippen molar-refractivity contribution in [3.05, 3.63) is 53.9 Å². The second kappa shape index (κ2) is 8.33. The van der Waals surface area contributed by atoms with E-state index in [1.807, 2.05) is 47.0 Å². The van der Waals surface area contributed by atoms with Gasteiger partial charge in [-0.05, 0) is 36.2 Å². The van der Waals surface area contributed by atoms with Crippen molar-refractivity contribution in [2.24, 2.45) is 5.73 Å². The van der Waals surface area contributed by atoms with Crippen molar-refractivity contribution in [2.45, 2.75) is 44.8 Å². The summed E-state index contributed by atoms with van der Waals surface area (Å²) in [5, 5.41) is 0.634. The number of halogens is 1. The average Bonchev–Trinajstić information content (AvgIpc) is 3.19. The normalized spacial score (nSPS) is 19.4. The molecule has 2 unspecified atom stereocenters. The van der Waals surface area contributed by atoms with Crippen molar-refractivity contribution in [2.75, 3.05) is 6.54 Å². The van der Waals surface area contributed by atoms with Gasteiger partial charge in [0.1, 0.15) is 22.7 Å². The summed E-state index contributed by atoms with van der Waals surface area (Å²) in [6.07, 6.45) is 7.21. The summed E-state index contributed by atoms with van der Waals surface area (Å²) >= 11 is 6.55. The molecule has 2 N–H and O–H groups in total. The van der Waals surface area contributed by atoms with Gasteiger partial charge < -0.3 is 15.4 Å². The molecule has 152 valence electrons. The van der Waals surface area contributed by atoms with E-state index >= 15 is 0 Å². The van der Waals surface area contributed by atoms with Crippen molar-refractivity contribution in [1.82, 2.24) is 14.3 Å². The van der Waals surface area contributed by atoms with E-state index in [-0.39, 0.29) is 18.2 Å².